The van der Waals surface area contributed by atoms with Gasteiger partial charge in [0.1, 0.15) is 0 Å². The number of guanidine groups is 1. The van der Waals surface area contributed by atoms with E-state index in [1.54, 1.807) is 11.3 Å². The van der Waals surface area contributed by atoms with E-state index in [4.69, 9.17) is 0 Å². The smallest absolute Gasteiger partial charge is 0.191 e. The first-order valence-corrected chi connectivity index (χ1v) is 12.6. The second-order valence-corrected chi connectivity index (χ2v) is 10.3. The van der Waals surface area contributed by atoms with Crippen molar-refractivity contribution in [1.82, 2.24) is 15.6 Å². The van der Waals surface area contributed by atoms with E-state index >= 15 is 0 Å². The van der Waals surface area contributed by atoms with Crippen LogP contribution >= 0.6 is 34.0 Å². The molecule has 8 heteroatoms. The molecule has 5 nitrogen and oxygen atoms in total. The van der Waals surface area contributed by atoms with Crippen LogP contribution in [-0.2, 0) is 6.42 Å². The van der Waals surface area contributed by atoms with Crippen molar-refractivity contribution in [2.45, 2.75) is 32.2 Å². The van der Waals surface area contributed by atoms with Crippen LogP contribution in [0.25, 0.3) is 10.6 Å². The molecule has 0 atom stereocenters. The van der Waals surface area contributed by atoms with Crippen LogP contribution in [0.4, 0.5) is 5.00 Å². The number of nitrogens with one attached hydrogen (secondary N) is 2. The van der Waals surface area contributed by atoms with E-state index in [0.717, 1.165) is 55.6 Å². The van der Waals surface area contributed by atoms with Gasteiger partial charge in [-0.1, -0.05) is 0 Å². The second-order valence-electron chi connectivity index (χ2n) is 7.12. The van der Waals surface area contributed by atoms with Crippen LogP contribution in [0.15, 0.2) is 40.0 Å². The summed E-state index contributed by atoms with van der Waals surface area (Å²) < 4.78 is 0. The normalized spacial score (nSPS) is 15.7. The number of hydrogen-bond acceptors (Lipinski definition) is 6. The molecule has 1 aliphatic rings. The number of aliphatic imine (C=N–C) groups is 1. The third-order valence-corrected chi connectivity index (χ3v) is 7.94. The number of aromatic nitrogens is 1. The standard InChI is InChI=1S/C21H27N5S3/c1-15-24-18(14-28-15)19-6-5-17(29-19)7-10-23-21(22-2)25-16-8-11-26(12-9-16)20-4-3-13-27-20/h3-6,13-14,16H,7-12H2,1-2H3,(H2,22,23,25). The Hall–Kier alpha value is -1.90. The molecule has 154 valence electrons. The minimum absolute atomic E-state index is 0.485. The molecule has 0 amide bonds. The average molecular weight is 446 g/mol. The van der Waals surface area contributed by atoms with Gasteiger partial charge in [-0.2, -0.15) is 0 Å². The van der Waals surface area contributed by atoms with Gasteiger partial charge in [-0.3, -0.25) is 4.99 Å². The molecule has 4 rings (SSSR count). The fourth-order valence-electron chi connectivity index (χ4n) is 3.51. The van der Waals surface area contributed by atoms with Gasteiger partial charge in [0.05, 0.1) is 20.6 Å². The fourth-order valence-corrected chi connectivity index (χ4v) is 5.95. The highest BCUT2D eigenvalue weighted by atomic mass is 32.1. The third kappa shape index (κ3) is 5.38. The van der Waals surface area contributed by atoms with Crippen molar-refractivity contribution in [2.75, 3.05) is 31.6 Å². The summed E-state index contributed by atoms with van der Waals surface area (Å²) in [6.07, 6.45) is 3.27. The summed E-state index contributed by atoms with van der Waals surface area (Å²) in [6.45, 7) is 5.13. The van der Waals surface area contributed by atoms with E-state index in [1.807, 2.05) is 29.7 Å². The lowest BCUT2D eigenvalue weighted by molar-refractivity contribution is 0.463. The van der Waals surface area contributed by atoms with Crippen LogP contribution in [0.5, 0.6) is 0 Å². The minimum Gasteiger partial charge on any atom is -0.363 e. The van der Waals surface area contributed by atoms with Crippen LogP contribution in [0.2, 0.25) is 0 Å². The van der Waals surface area contributed by atoms with Crippen LogP contribution in [0, 0.1) is 6.92 Å². The summed E-state index contributed by atoms with van der Waals surface area (Å²) in [4.78, 5) is 14.1. The quantitative estimate of drug-likeness (QED) is 0.429. The predicted molar refractivity (Wildman–Crippen MR) is 128 cm³/mol. The Morgan fingerprint density at radius 3 is 2.79 bits per heavy atom. The highest BCUT2D eigenvalue weighted by molar-refractivity contribution is 7.16. The summed E-state index contributed by atoms with van der Waals surface area (Å²) in [5.41, 5.74) is 1.10. The zero-order valence-corrected chi connectivity index (χ0v) is 19.3. The monoisotopic (exact) mass is 445 g/mol. The second kappa shape index (κ2) is 9.73. The SMILES string of the molecule is CN=C(NCCc1ccc(-c2csc(C)n2)s1)NC1CCN(c2cccs2)CC1. The number of rotatable bonds is 6. The van der Waals surface area contributed by atoms with Gasteiger partial charge in [0, 0.05) is 43.0 Å². The lowest BCUT2D eigenvalue weighted by atomic mass is 10.1. The molecule has 1 saturated heterocycles. The molecular formula is C21H27N5S3. The molecule has 2 N–H and O–H groups in total. The molecular weight excluding hydrogens is 418 g/mol. The maximum atomic E-state index is 4.58. The van der Waals surface area contributed by atoms with Crippen molar-refractivity contribution in [1.29, 1.82) is 0 Å². The number of anilines is 1. The van der Waals surface area contributed by atoms with Gasteiger partial charge in [-0.05, 0) is 55.8 Å². The van der Waals surface area contributed by atoms with Crippen molar-refractivity contribution in [2.24, 2.45) is 4.99 Å². The number of nitrogens with zero attached hydrogens (tertiary/aromatic N) is 3. The maximum Gasteiger partial charge on any atom is 0.191 e. The Morgan fingerprint density at radius 2 is 2.10 bits per heavy atom. The van der Waals surface area contributed by atoms with Crippen molar-refractivity contribution >= 4 is 45.0 Å². The Morgan fingerprint density at radius 1 is 1.24 bits per heavy atom. The number of hydrogen-bond donors (Lipinski definition) is 2. The predicted octanol–water partition coefficient (Wildman–Crippen LogP) is 4.62. The van der Waals surface area contributed by atoms with E-state index < -0.39 is 0 Å². The summed E-state index contributed by atoms with van der Waals surface area (Å²) in [5.74, 6) is 0.909. The zero-order valence-electron chi connectivity index (χ0n) is 16.9. The Labute approximate surface area is 184 Å². The molecule has 0 radical (unpaired) electrons. The van der Waals surface area contributed by atoms with Gasteiger partial charge in [0.15, 0.2) is 5.96 Å². The molecule has 0 saturated carbocycles. The first kappa shape index (κ1) is 20.4. The molecule has 0 aliphatic carbocycles. The van der Waals surface area contributed by atoms with Crippen LogP contribution in [-0.4, -0.2) is 43.7 Å². The van der Waals surface area contributed by atoms with Crippen molar-refractivity contribution in [3.63, 3.8) is 0 Å². The summed E-state index contributed by atoms with van der Waals surface area (Å²) in [6, 6.07) is 9.23. The largest absolute Gasteiger partial charge is 0.363 e. The lowest BCUT2D eigenvalue weighted by Crippen LogP contribution is -2.49. The Bertz CT molecular complexity index is 920. The molecule has 0 bridgehead atoms. The van der Waals surface area contributed by atoms with Gasteiger partial charge in [-0.15, -0.1) is 34.0 Å². The van der Waals surface area contributed by atoms with Crippen LogP contribution < -0.4 is 15.5 Å². The number of thiophene rings is 2. The first-order chi connectivity index (χ1) is 14.2. The highest BCUT2D eigenvalue weighted by Gasteiger charge is 2.20. The van der Waals surface area contributed by atoms with Crippen LogP contribution in [0.1, 0.15) is 22.7 Å². The van der Waals surface area contributed by atoms with Crippen molar-refractivity contribution in [3.8, 4) is 10.6 Å². The lowest BCUT2D eigenvalue weighted by Gasteiger charge is -2.33. The molecule has 0 spiro atoms. The molecule has 0 aromatic carbocycles. The zero-order chi connectivity index (χ0) is 20.1. The molecule has 1 fully saturated rings. The molecule has 4 heterocycles. The topological polar surface area (TPSA) is 52.6 Å². The van der Waals surface area contributed by atoms with E-state index in [-0.39, 0.29) is 0 Å². The van der Waals surface area contributed by atoms with Crippen molar-refractivity contribution in [3.05, 3.63) is 44.9 Å². The van der Waals surface area contributed by atoms with Gasteiger partial charge in [-0.25, -0.2) is 4.98 Å². The number of thiazole rings is 1. The fraction of sp³-hybridized carbons (Fsp3) is 0.429. The minimum atomic E-state index is 0.485. The van der Waals surface area contributed by atoms with Crippen LogP contribution in [0.3, 0.4) is 0 Å². The number of aryl methyl sites for hydroxylation is 1. The van der Waals surface area contributed by atoms with Gasteiger partial charge in [0.25, 0.3) is 0 Å². The van der Waals surface area contributed by atoms with Gasteiger partial charge < -0.3 is 15.5 Å². The summed E-state index contributed by atoms with van der Waals surface area (Å²) in [5, 5.41) is 13.9. The van der Waals surface area contributed by atoms with Gasteiger partial charge in [0.2, 0.25) is 0 Å². The maximum absolute atomic E-state index is 4.58. The molecule has 1 aliphatic heterocycles. The van der Waals surface area contributed by atoms with E-state index in [0.29, 0.717) is 6.04 Å². The number of piperidine rings is 1. The summed E-state index contributed by atoms with van der Waals surface area (Å²) in [7, 11) is 1.85. The molecule has 3 aromatic rings. The summed E-state index contributed by atoms with van der Waals surface area (Å²) >= 11 is 5.36. The first-order valence-electron chi connectivity index (χ1n) is 9.98. The van der Waals surface area contributed by atoms with Crippen molar-refractivity contribution < 1.29 is 0 Å². The molecule has 0 unspecified atom stereocenters. The average Bonchev–Trinajstić information content (AvgIpc) is 3.49. The third-order valence-electron chi connectivity index (χ3n) is 5.07. The van der Waals surface area contributed by atoms with E-state index in [1.165, 1.54) is 14.8 Å². The highest BCUT2D eigenvalue weighted by Crippen LogP contribution is 2.29. The molecule has 29 heavy (non-hydrogen) atoms. The van der Waals surface area contributed by atoms with E-state index in [2.05, 4.69) is 67.5 Å². The molecule has 3 aromatic heterocycles. The Kier molecular flexibility index (Phi) is 6.84. The van der Waals surface area contributed by atoms with E-state index in [9.17, 15) is 0 Å². The van der Waals surface area contributed by atoms with Gasteiger partial charge >= 0.3 is 0 Å². The Balaban J connectivity index is 1.21.